The largest absolute Gasteiger partial charge is 0.573 e. The van der Waals surface area contributed by atoms with E-state index >= 15 is 0 Å². The van der Waals surface area contributed by atoms with Crippen molar-refractivity contribution in [2.45, 2.75) is 11.3 Å². The summed E-state index contributed by atoms with van der Waals surface area (Å²) in [6.07, 6.45) is -2.47. The first kappa shape index (κ1) is 15.1. The molecular formula is C12H9F3N2O3S. The van der Waals surface area contributed by atoms with Gasteiger partial charge in [-0.05, 0) is 24.3 Å². The van der Waals surface area contributed by atoms with Crippen LogP contribution in [0.15, 0.2) is 53.7 Å². The van der Waals surface area contributed by atoms with Crippen molar-refractivity contribution in [2.24, 2.45) is 0 Å². The lowest BCUT2D eigenvalue weighted by molar-refractivity contribution is -0.274. The predicted molar refractivity (Wildman–Crippen MR) is 68.2 cm³/mol. The summed E-state index contributed by atoms with van der Waals surface area (Å²) in [5.74, 6) is -0.641. The van der Waals surface area contributed by atoms with Crippen molar-refractivity contribution in [2.75, 3.05) is 4.72 Å². The second-order valence-corrected chi connectivity index (χ2v) is 5.52. The molecule has 2 aromatic rings. The molecule has 0 atom stereocenters. The molecule has 0 fully saturated rings. The molecule has 0 unspecified atom stereocenters. The maximum absolute atomic E-state index is 12.3. The second kappa shape index (κ2) is 5.60. The number of halogens is 3. The minimum atomic E-state index is -4.92. The van der Waals surface area contributed by atoms with Crippen LogP contribution in [0.3, 0.4) is 0 Å². The predicted octanol–water partition coefficient (Wildman–Crippen LogP) is 2.78. The van der Waals surface area contributed by atoms with Crippen molar-refractivity contribution in [3.8, 4) is 5.75 Å². The third kappa shape index (κ3) is 4.09. The van der Waals surface area contributed by atoms with Crippen molar-refractivity contribution in [1.29, 1.82) is 0 Å². The maximum Gasteiger partial charge on any atom is 0.573 e. The van der Waals surface area contributed by atoms with Crippen LogP contribution in [0, 0.1) is 0 Å². The third-order valence-electron chi connectivity index (χ3n) is 2.30. The number of rotatable bonds is 4. The molecule has 1 aromatic heterocycles. The van der Waals surface area contributed by atoms with E-state index in [2.05, 4.69) is 9.72 Å². The first-order valence-electron chi connectivity index (χ1n) is 5.55. The van der Waals surface area contributed by atoms with Gasteiger partial charge in [0.25, 0.3) is 10.0 Å². The summed E-state index contributed by atoms with van der Waals surface area (Å²) in [6.45, 7) is 0. The molecule has 1 heterocycles. The zero-order valence-electron chi connectivity index (χ0n) is 10.3. The van der Waals surface area contributed by atoms with Crippen molar-refractivity contribution >= 4 is 15.7 Å². The standard InChI is InChI=1S/C12H9F3N2O3S/c13-12(14,15)20-11-6-2-1-5-10(11)17-21(18,19)9-4-3-7-16-8-9/h1-8,17H. The Hall–Kier alpha value is -2.29. The summed E-state index contributed by atoms with van der Waals surface area (Å²) in [7, 11) is -4.05. The number of hydrogen-bond acceptors (Lipinski definition) is 4. The Morgan fingerprint density at radius 2 is 1.81 bits per heavy atom. The molecule has 21 heavy (non-hydrogen) atoms. The topological polar surface area (TPSA) is 68.3 Å². The molecule has 1 aromatic carbocycles. The van der Waals surface area contributed by atoms with Crippen LogP contribution in [-0.4, -0.2) is 19.8 Å². The van der Waals surface area contributed by atoms with Gasteiger partial charge in [0.05, 0.1) is 5.69 Å². The molecule has 1 N–H and O–H groups in total. The number of anilines is 1. The van der Waals surface area contributed by atoms with Crippen molar-refractivity contribution < 1.29 is 26.3 Å². The van der Waals surface area contributed by atoms with Crippen LogP contribution in [0.2, 0.25) is 0 Å². The monoisotopic (exact) mass is 318 g/mol. The Morgan fingerprint density at radius 3 is 2.43 bits per heavy atom. The quantitative estimate of drug-likeness (QED) is 0.941. The van der Waals surface area contributed by atoms with E-state index < -0.39 is 22.1 Å². The minimum absolute atomic E-state index is 0.174. The Balaban J connectivity index is 2.32. The van der Waals surface area contributed by atoms with Crippen molar-refractivity contribution in [3.63, 3.8) is 0 Å². The number of ether oxygens (including phenoxy) is 1. The van der Waals surface area contributed by atoms with Crippen LogP contribution in [0.25, 0.3) is 0 Å². The van der Waals surface area contributed by atoms with Crippen LogP contribution in [0.1, 0.15) is 0 Å². The summed E-state index contributed by atoms with van der Waals surface area (Å²) in [5.41, 5.74) is -0.321. The van der Waals surface area contributed by atoms with Gasteiger partial charge in [0, 0.05) is 12.4 Å². The molecule has 0 radical (unpaired) electrons. The fourth-order valence-electron chi connectivity index (χ4n) is 1.47. The van der Waals surface area contributed by atoms with E-state index in [1.807, 2.05) is 4.72 Å². The number of pyridine rings is 1. The SMILES string of the molecule is O=S(=O)(Nc1ccccc1OC(F)(F)F)c1cccnc1. The summed E-state index contributed by atoms with van der Waals surface area (Å²) in [6, 6.07) is 7.51. The minimum Gasteiger partial charge on any atom is -0.404 e. The molecule has 0 bridgehead atoms. The van der Waals surface area contributed by atoms with Gasteiger partial charge in [-0.1, -0.05) is 12.1 Å². The molecular weight excluding hydrogens is 309 g/mol. The van der Waals surface area contributed by atoms with E-state index in [-0.39, 0.29) is 10.6 Å². The van der Waals surface area contributed by atoms with E-state index in [9.17, 15) is 21.6 Å². The van der Waals surface area contributed by atoms with Gasteiger partial charge in [-0.15, -0.1) is 13.2 Å². The molecule has 9 heteroatoms. The molecule has 0 saturated heterocycles. The zero-order valence-corrected chi connectivity index (χ0v) is 11.1. The van der Waals surface area contributed by atoms with Gasteiger partial charge < -0.3 is 4.74 Å². The lowest BCUT2D eigenvalue weighted by Crippen LogP contribution is -2.19. The van der Waals surface area contributed by atoms with E-state index in [4.69, 9.17) is 0 Å². The summed E-state index contributed by atoms with van der Waals surface area (Å²) in [4.78, 5) is 3.47. The number of para-hydroxylation sites is 2. The van der Waals surface area contributed by atoms with Crippen LogP contribution in [-0.2, 0) is 10.0 Å². The van der Waals surface area contributed by atoms with Crippen LogP contribution in [0.5, 0.6) is 5.75 Å². The van der Waals surface area contributed by atoms with E-state index in [0.29, 0.717) is 0 Å². The number of nitrogens with one attached hydrogen (secondary N) is 1. The molecule has 0 aliphatic heterocycles. The lowest BCUT2D eigenvalue weighted by atomic mass is 10.3. The molecule has 0 aliphatic carbocycles. The van der Waals surface area contributed by atoms with Crippen LogP contribution in [0.4, 0.5) is 18.9 Å². The molecule has 0 amide bonds. The highest BCUT2D eigenvalue weighted by atomic mass is 32.2. The van der Waals surface area contributed by atoms with Crippen molar-refractivity contribution in [1.82, 2.24) is 4.98 Å². The summed E-state index contributed by atoms with van der Waals surface area (Å²) in [5, 5.41) is 0. The number of nitrogens with zero attached hydrogens (tertiary/aromatic N) is 1. The highest BCUT2D eigenvalue weighted by molar-refractivity contribution is 7.92. The number of sulfonamides is 1. The van der Waals surface area contributed by atoms with Crippen LogP contribution >= 0.6 is 0 Å². The average Bonchev–Trinajstić information content (AvgIpc) is 2.40. The molecule has 0 spiro atoms. The average molecular weight is 318 g/mol. The fourth-order valence-corrected chi connectivity index (χ4v) is 2.51. The lowest BCUT2D eigenvalue weighted by Gasteiger charge is -2.14. The zero-order chi connectivity index (χ0) is 15.5. The first-order valence-corrected chi connectivity index (χ1v) is 7.04. The van der Waals surface area contributed by atoms with Gasteiger partial charge in [0.15, 0.2) is 5.75 Å². The van der Waals surface area contributed by atoms with Gasteiger partial charge in [0.2, 0.25) is 0 Å². The molecule has 112 valence electrons. The highest BCUT2D eigenvalue weighted by Gasteiger charge is 2.32. The molecule has 0 aliphatic rings. The molecule has 0 saturated carbocycles. The van der Waals surface area contributed by atoms with Crippen molar-refractivity contribution in [3.05, 3.63) is 48.8 Å². The van der Waals surface area contributed by atoms with Gasteiger partial charge in [0.1, 0.15) is 4.90 Å². The second-order valence-electron chi connectivity index (χ2n) is 3.84. The Morgan fingerprint density at radius 1 is 1.10 bits per heavy atom. The smallest absolute Gasteiger partial charge is 0.404 e. The van der Waals surface area contributed by atoms with Crippen LogP contribution < -0.4 is 9.46 Å². The Kier molecular flexibility index (Phi) is 4.03. The Labute approximate surface area is 118 Å². The summed E-state index contributed by atoms with van der Waals surface area (Å²) < 4.78 is 66.7. The van der Waals surface area contributed by atoms with E-state index in [1.165, 1.54) is 30.5 Å². The van der Waals surface area contributed by atoms with Gasteiger partial charge >= 0.3 is 6.36 Å². The van der Waals surface area contributed by atoms with Gasteiger partial charge in [-0.2, -0.15) is 0 Å². The van der Waals surface area contributed by atoms with E-state index in [0.717, 1.165) is 18.3 Å². The number of hydrogen-bond donors (Lipinski definition) is 1. The number of benzene rings is 1. The molecule has 2 rings (SSSR count). The Bertz CT molecular complexity index is 718. The number of alkyl halides is 3. The molecule has 5 nitrogen and oxygen atoms in total. The summed E-state index contributed by atoms with van der Waals surface area (Å²) >= 11 is 0. The highest BCUT2D eigenvalue weighted by Crippen LogP contribution is 2.31. The maximum atomic E-state index is 12.3. The first-order chi connectivity index (χ1) is 9.78. The van der Waals surface area contributed by atoms with Gasteiger partial charge in [-0.3, -0.25) is 9.71 Å². The normalized spacial score (nSPS) is 12.0. The number of aromatic nitrogens is 1. The van der Waals surface area contributed by atoms with Gasteiger partial charge in [-0.25, -0.2) is 8.42 Å². The fraction of sp³-hybridized carbons (Fsp3) is 0.0833. The third-order valence-corrected chi connectivity index (χ3v) is 3.65. The van der Waals surface area contributed by atoms with E-state index in [1.54, 1.807) is 0 Å².